The van der Waals surface area contributed by atoms with Crippen LogP contribution in [0, 0.1) is 0 Å². The Balaban J connectivity index is 1.72. The smallest absolute Gasteiger partial charge is 0.368 e. The summed E-state index contributed by atoms with van der Waals surface area (Å²) >= 11 is 4.72. The highest BCUT2D eigenvalue weighted by molar-refractivity contribution is 9.10. The number of nitrogens with two attached hydrogens (primary N) is 1. The van der Waals surface area contributed by atoms with Crippen LogP contribution < -0.4 is 5.73 Å². The van der Waals surface area contributed by atoms with Gasteiger partial charge < -0.3 is 10.5 Å². The predicted molar refractivity (Wildman–Crippen MR) is 121 cm³/mol. The molecule has 0 radical (unpaired) electrons. The maximum absolute atomic E-state index is 13.0. The third-order valence-corrected chi connectivity index (χ3v) is 6.97. The number of primary amides is 1. The van der Waals surface area contributed by atoms with Gasteiger partial charge in [-0.25, -0.2) is 9.78 Å². The van der Waals surface area contributed by atoms with Crippen LogP contribution in [0.1, 0.15) is 41.9 Å². The molecule has 5 nitrogen and oxygen atoms in total. The Hall–Kier alpha value is -2.51. The molecule has 1 fully saturated rings. The maximum atomic E-state index is 13.0. The highest BCUT2D eigenvalue weighted by Crippen LogP contribution is 2.39. The summed E-state index contributed by atoms with van der Waals surface area (Å²) in [5, 5.41) is 0.220. The van der Waals surface area contributed by atoms with Crippen molar-refractivity contribution in [1.82, 2.24) is 4.98 Å². The second-order valence-electron chi connectivity index (χ2n) is 7.38. The molecule has 7 heteroatoms. The lowest BCUT2D eigenvalue weighted by atomic mass is 9.84. The van der Waals surface area contributed by atoms with E-state index in [-0.39, 0.29) is 5.01 Å². The van der Waals surface area contributed by atoms with Crippen molar-refractivity contribution in [2.24, 2.45) is 5.73 Å². The Morgan fingerprint density at radius 2 is 1.63 bits per heavy atom. The van der Waals surface area contributed by atoms with Gasteiger partial charge in [-0.15, -0.1) is 11.3 Å². The standard InChI is InChI=1S/C23H21BrN2O3S/c24-17-11-9-15(10-12-17)18-19(16-7-3-1-4-8-16)30-20(26-18)21(27)29-23(22(25)28)13-5-2-6-14-23/h1,3-4,7-12H,2,5-6,13-14H2,(H2,25,28). The van der Waals surface area contributed by atoms with Crippen LogP contribution in [0.25, 0.3) is 21.7 Å². The molecule has 4 rings (SSSR count). The number of nitrogens with zero attached hydrogens (tertiary/aromatic N) is 1. The maximum Gasteiger partial charge on any atom is 0.368 e. The quantitative estimate of drug-likeness (QED) is 0.478. The van der Waals surface area contributed by atoms with Crippen LogP contribution >= 0.6 is 27.3 Å². The van der Waals surface area contributed by atoms with Gasteiger partial charge in [-0.3, -0.25) is 4.79 Å². The molecule has 0 aliphatic heterocycles. The van der Waals surface area contributed by atoms with Crippen LogP contribution in [-0.2, 0) is 9.53 Å². The van der Waals surface area contributed by atoms with Crippen molar-refractivity contribution in [2.75, 3.05) is 0 Å². The fourth-order valence-corrected chi connectivity index (χ4v) is 4.97. The number of esters is 1. The summed E-state index contributed by atoms with van der Waals surface area (Å²) in [6.07, 6.45) is 3.56. The van der Waals surface area contributed by atoms with Gasteiger partial charge in [-0.05, 0) is 43.4 Å². The van der Waals surface area contributed by atoms with E-state index in [0.717, 1.165) is 39.7 Å². The van der Waals surface area contributed by atoms with Crippen LogP contribution in [0.15, 0.2) is 59.1 Å². The van der Waals surface area contributed by atoms with E-state index in [1.165, 1.54) is 11.3 Å². The third-order valence-electron chi connectivity index (χ3n) is 5.35. The average Bonchev–Trinajstić information content (AvgIpc) is 3.21. The van der Waals surface area contributed by atoms with Crippen molar-refractivity contribution < 1.29 is 14.3 Å². The second-order valence-corrected chi connectivity index (χ2v) is 9.29. The number of halogens is 1. The van der Waals surface area contributed by atoms with Crippen molar-refractivity contribution >= 4 is 39.1 Å². The minimum atomic E-state index is -1.23. The Morgan fingerprint density at radius 3 is 2.27 bits per heavy atom. The summed E-state index contributed by atoms with van der Waals surface area (Å²) in [7, 11) is 0. The predicted octanol–water partition coefficient (Wildman–Crippen LogP) is 5.58. The van der Waals surface area contributed by atoms with Crippen molar-refractivity contribution in [3.05, 3.63) is 64.1 Å². The van der Waals surface area contributed by atoms with Gasteiger partial charge in [0, 0.05) is 10.0 Å². The number of thiazole rings is 1. The van der Waals surface area contributed by atoms with Crippen LogP contribution in [0.4, 0.5) is 0 Å². The lowest BCUT2D eigenvalue weighted by molar-refractivity contribution is -0.140. The lowest BCUT2D eigenvalue weighted by Crippen LogP contribution is -2.49. The van der Waals surface area contributed by atoms with Crippen molar-refractivity contribution in [1.29, 1.82) is 0 Å². The van der Waals surface area contributed by atoms with E-state index in [0.29, 0.717) is 18.5 Å². The number of carbonyl (C=O) groups is 2. The summed E-state index contributed by atoms with van der Waals surface area (Å²) in [6, 6.07) is 17.6. The molecule has 1 aromatic heterocycles. The van der Waals surface area contributed by atoms with E-state index in [1.54, 1.807) is 0 Å². The highest BCUT2D eigenvalue weighted by atomic mass is 79.9. The van der Waals surface area contributed by atoms with Crippen LogP contribution in [0.2, 0.25) is 0 Å². The Kier molecular flexibility index (Phi) is 6.01. The molecular weight excluding hydrogens is 464 g/mol. The number of ether oxygens (including phenoxy) is 1. The Morgan fingerprint density at radius 1 is 0.967 bits per heavy atom. The molecular formula is C23H21BrN2O3S. The van der Waals surface area contributed by atoms with E-state index in [1.807, 2.05) is 54.6 Å². The monoisotopic (exact) mass is 484 g/mol. The zero-order valence-electron chi connectivity index (χ0n) is 16.3. The van der Waals surface area contributed by atoms with Crippen LogP contribution in [0.5, 0.6) is 0 Å². The van der Waals surface area contributed by atoms with E-state index >= 15 is 0 Å². The highest BCUT2D eigenvalue weighted by Gasteiger charge is 2.42. The number of hydrogen-bond acceptors (Lipinski definition) is 5. The minimum absolute atomic E-state index is 0.220. The Bertz CT molecular complexity index is 1060. The molecule has 1 aliphatic carbocycles. The fourth-order valence-electron chi connectivity index (χ4n) is 3.74. The van der Waals surface area contributed by atoms with Gasteiger partial charge in [0.25, 0.3) is 5.91 Å². The number of amides is 1. The summed E-state index contributed by atoms with van der Waals surface area (Å²) < 4.78 is 6.67. The third kappa shape index (κ3) is 4.18. The number of carbonyl (C=O) groups excluding carboxylic acids is 2. The molecule has 1 aliphatic rings. The molecule has 2 aromatic carbocycles. The zero-order valence-corrected chi connectivity index (χ0v) is 18.7. The number of aromatic nitrogens is 1. The second kappa shape index (κ2) is 8.70. The molecule has 2 N–H and O–H groups in total. The molecule has 0 atom stereocenters. The van der Waals surface area contributed by atoms with Crippen LogP contribution in [0.3, 0.4) is 0 Å². The minimum Gasteiger partial charge on any atom is -0.444 e. The molecule has 1 heterocycles. The van der Waals surface area contributed by atoms with E-state index in [2.05, 4.69) is 20.9 Å². The van der Waals surface area contributed by atoms with Crippen LogP contribution in [-0.4, -0.2) is 22.5 Å². The Labute approximate surface area is 187 Å². The molecule has 3 aromatic rings. The molecule has 154 valence electrons. The molecule has 0 bridgehead atoms. The summed E-state index contributed by atoms with van der Waals surface area (Å²) in [5.41, 5.74) is 6.97. The zero-order chi connectivity index (χ0) is 21.1. The van der Waals surface area contributed by atoms with E-state index in [9.17, 15) is 9.59 Å². The van der Waals surface area contributed by atoms with E-state index in [4.69, 9.17) is 10.5 Å². The number of rotatable bonds is 5. The molecule has 1 saturated carbocycles. The van der Waals surface area contributed by atoms with Gasteiger partial charge in [-0.1, -0.05) is 64.8 Å². The average molecular weight is 485 g/mol. The van der Waals surface area contributed by atoms with Gasteiger partial charge >= 0.3 is 5.97 Å². The molecule has 1 amide bonds. The lowest BCUT2D eigenvalue weighted by Gasteiger charge is -2.33. The van der Waals surface area contributed by atoms with Gasteiger partial charge in [0.2, 0.25) is 5.01 Å². The van der Waals surface area contributed by atoms with Crippen molar-refractivity contribution in [3.8, 4) is 21.7 Å². The summed E-state index contributed by atoms with van der Waals surface area (Å²) in [5.74, 6) is -1.18. The summed E-state index contributed by atoms with van der Waals surface area (Å²) in [6.45, 7) is 0. The first-order valence-electron chi connectivity index (χ1n) is 9.84. The SMILES string of the molecule is NC(=O)C1(OC(=O)c2nc(-c3ccc(Br)cc3)c(-c3ccccc3)s2)CCCCC1. The largest absolute Gasteiger partial charge is 0.444 e. The van der Waals surface area contributed by atoms with Gasteiger partial charge in [0.15, 0.2) is 5.60 Å². The van der Waals surface area contributed by atoms with Gasteiger partial charge in [0.1, 0.15) is 0 Å². The first-order valence-corrected chi connectivity index (χ1v) is 11.4. The van der Waals surface area contributed by atoms with Gasteiger partial charge in [-0.2, -0.15) is 0 Å². The normalized spacial score (nSPS) is 15.5. The molecule has 0 unspecified atom stereocenters. The van der Waals surface area contributed by atoms with Crippen molar-refractivity contribution in [2.45, 2.75) is 37.7 Å². The van der Waals surface area contributed by atoms with Crippen molar-refractivity contribution in [3.63, 3.8) is 0 Å². The fraction of sp³-hybridized carbons (Fsp3) is 0.261. The van der Waals surface area contributed by atoms with Gasteiger partial charge in [0.05, 0.1) is 10.6 Å². The molecule has 0 spiro atoms. The number of hydrogen-bond donors (Lipinski definition) is 1. The van der Waals surface area contributed by atoms with E-state index < -0.39 is 17.5 Å². The first-order chi connectivity index (χ1) is 14.5. The topological polar surface area (TPSA) is 82.3 Å². The summed E-state index contributed by atoms with van der Waals surface area (Å²) in [4.78, 5) is 30.6. The molecule has 30 heavy (non-hydrogen) atoms. The molecule has 0 saturated heterocycles. The first kappa shape index (κ1) is 20.8. The number of benzene rings is 2.